The predicted octanol–water partition coefficient (Wildman–Crippen LogP) is 3.26. The lowest BCUT2D eigenvalue weighted by Crippen LogP contribution is -2.47. The smallest absolute Gasteiger partial charge is 0.332 e. The molecule has 1 fully saturated rings. The van der Waals surface area contributed by atoms with Crippen LogP contribution in [0.25, 0.3) is 10.2 Å². The van der Waals surface area contributed by atoms with Crippen LogP contribution >= 0.6 is 11.3 Å². The number of carbonyl (C=O) groups excluding carboxylic acids is 1. The average molecular weight is 426 g/mol. The molecule has 0 aliphatic carbocycles. The Labute approximate surface area is 179 Å². The second kappa shape index (κ2) is 9.00. The van der Waals surface area contributed by atoms with E-state index in [1.54, 1.807) is 6.07 Å². The lowest BCUT2D eigenvalue weighted by atomic mass is 10.00. The van der Waals surface area contributed by atoms with E-state index in [1.165, 1.54) is 20.5 Å². The molecule has 30 heavy (non-hydrogen) atoms. The third kappa shape index (κ3) is 3.99. The van der Waals surface area contributed by atoms with Crippen LogP contribution in [0.5, 0.6) is 0 Å². The van der Waals surface area contributed by atoms with Crippen molar-refractivity contribution in [2.24, 2.45) is 0 Å². The Kier molecular flexibility index (Phi) is 6.18. The third-order valence-corrected chi connectivity index (χ3v) is 6.91. The quantitative estimate of drug-likeness (QED) is 0.609. The van der Waals surface area contributed by atoms with Gasteiger partial charge in [0.15, 0.2) is 0 Å². The second-order valence-corrected chi connectivity index (χ2v) is 8.76. The van der Waals surface area contributed by atoms with E-state index >= 15 is 0 Å². The summed E-state index contributed by atoms with van der Waals surface area (Å²) in [4.78, 5) is 41.2. The molecule has 0 bridgehead atoms. The molecule has 1 atom stereocenters. The SMILES string of the molecule is CC[C@@H]1CCCCN1C(=O)Cn1c(=O)n(CCc2ccccc2)c(=O)c2sccc21. The molecule has 0 unspecified atom stereocenters. The topological polar surface area (TPSA) is 64.3 Å². The van der Waals surface area contributed by atoms with Gasteiger partial charge in [0, 0.05) is 19.1 Å². The molecule has 1 amide bonds. The van der Waals surface area contributed by atoms with Crippen molar-refractivity contribution in [3.05, 3.63) is 68.2 Å². The molecule has 1 aliphatic rings. The first-order valence-electron chi connectivity index (χ1n) is 10.6. The van der Waals surface area contributed by atoms with Gasteiger partial charge in [0.05, 0.1) is 5.52 Å². The summed E-state index contributed by atoms with van der Waals surface area (Å²) in [5, 5.41) is 1.81. The molecule has 158 valence electrons. The van der Waals surface area contributed by atoms with Crippen LogP contribution in [0.2, 0.25) is 0 Å². The lowest BCUT2D eigenvalue weighted by Gasteiger charge is -2.35. The van der Waals surface area contributed by atoms with Gasteiger partial charge in [-0.1, -0.05) is 37.3 Å². The fourth-order valence-electron chi connectivity index (χ4n) is 4.35. The van der Waals surface area contributed by atoms with Gasteiger partial charge in [-0.2, -0.15) is 0 Å². The minimum absolute atomic E-state index is 0.0197. The van der Waals surface area contributed by atoms with Crippen LogP contribution in [0.3, 0.4) is 0 Å². The van der Waals surface area contributed by atoms with Gasteiger partial charge in [-0.05, 0) is 49.1 Å². The van der Waals surface area contributed by atoms with E-state index < -0.39 is 5.69 Å². The van der Waals surface area contributed by atoms with E-state index in [0.717, 1.165) is 37.8 Å². The number of fused-ring (bicyclic) bond motifs is 1. The lowest BCUT2D eigenvalue weighted by molar-refractivity contribution is -0.135. The van der Waals surface area contributed by atoms with Gasteiger partial charge in [-0.3, -0.25) is 18.7 Å². The Balaban J connectivity index is 1.67. The number of likely N-dealkylation sites (tertiary alicyclic amines) is 1. The number of nitrogens with zero attached hydrogens (tertiary/aromatic N) is 3. The van der Waals surface area contributed by atoms with Crippen LogP contribution in [-0.4, -0.2) is 32.5 Å². The van der Waals surface area contributed by atoms with Gasteiger partial charge in [0.25, 0.3) is 5.56 Å². The molecule has 2 aromatic heterocycles. The van der Waals surface area contributed by atoms with Crippen LogP contribution < -0.4 is 11.2 Å². The zero-order valence-corrected chi connectivity index (χ0v) is 18.1. The van der Waals surface area contributed by atoms with E-state index in [-0.39, 0.29) is 24.1 Å². The molecule has 6 nitrogen and oxygen atoms in total. The van der Waals surface area contributed by atoms with Crippen molar-refractivity contribution in [1.29, 1.82) is 0 Å². The standard InChI is InChI=1S/C23H27N3O3S/c1-2-18-10-6-7-13-24(18)20(27)16-26-19-12-15-30-21(19)22(28)25(23(26)29)14-11-17-8-4-3-5-9-17/h3-5,8-9,12,15,18H,2,6-7,10-11,13-14,16H2,1H3/t18-/m1/s1. The number of hydrogen-bond donors (Lipinski definition) is 0. The monoisotopic (exact) mass is 425 g/mol. The minimum Gasteiger partial charge on any atom is -0.338 e. The van der Waals surface area contributed by atoms with Gasteiger partial charge < -0.3 is 4.90 Å². The summed E-state index contributed by atoms with van der Waals surface area (Å²) in [6, 6.07) is 11.8. The van der Waals surface area contributed by atoms with Crippen LogP contribution in [0.1, 0.15) is 38.2 Å². The van der Waals surface area contributed by atoms with E-state index in [2.05, 4.69) is 6.92 Å². The van der Waals surface area contributed by atoms with E-state index in [0.29, 0.717) is 23.2 Å². The molecule has 0 N–H and O–H groups in total. The Hall–Kier alpha value is -2.67. The number of rotatable bonds is 6. The average Bonchev–Trinajstić information content (AvgIpc) is 3.27. The Morgan fingerprint density at radius 1 is 1.10 bits per heavy atom. The molecule has 1 saturated heterocycles. The highest BCUT2D eigenvalue weighted by Gasteiger charge is 2.26. The molecule has 3 aromatic rings. The zero-order chi connectivity index (χ0) is 21.1. The van der Waals surface area contributed by atoms with Crippen LogP contribution in [0.15, 0.2) is 51.4 Å². The van der Waals surface area contributed by atoms with Gasteiger partial charge in [-0.25, -0.2) is 4.79 Å². The van der Waals surface area contributed by atoms with Crippen molar-refractivity contribution < 1.29 is 4.79 Å². The number of aryl methyl sites for hydroxylation is 1. The molecule has 0 radical (unpaired) electrons. The van der Waals surface area contributed by atoms with Gasteiger partial charge in [0.1, 0.15) is 11.2 Å². The number of carbonyl (C=O) groups is 1. The van der Waals surface area contributed by atoms with Crippen LogP contribution in [0, 0.1) is 0 Å². The molecule has 4 rings (SSSR count). The van der Waals surface area contributed by atoms with Crippen molar-refractivity contribution >= 4 is 27.5 Å². The van der Waals surface area contributed by atoms with Crippen molar-refractivity contribution in [2.75, 3.05) is 6.54 Å². The highest BCUT2D eigenvalue weighted by molar-refractivity contribution is 7.17. The maximum Gasteiger partial charge on any atom is 0.332 e. The number of amides is 1. The molecule has 0 saturated carbocycles. The van der Waals surface area contributed by atoms with Crippen LogP contribution in [-0.2, 0) is 24.3 Å². The molecule has 3 heterocycles. The fraction of sp³-hybridized carbons (Fsp3) is 0.435. The van der Waals surface area contributed by atoms with Crippen molar-refractivity contribution in [3.63, 3.8) is 0 Å². The zero-order valence-electron chi connectivity index (χ0n) is 17.3. The van der Waals surface area contributed by atoms with Gasteiger partial charge >= 0.3 is 5.69 Å². The maximum atomic E-state index is 13.3. The number of benzene rings is 1. The molecule has 7 heteroatoms. The summed E-state index contributed by atoms with van der Waals surface area (Å²) in [5.41, 5.74) is 0.954. The van der Waals surface area contributed by atoms with Crippen molar-refractivity contribution in [3.8, 4) is 0 Å². The first-order chi connectivity index (χ1) is 14.6. The molecule has 1 aromatic carbocycles. The molecular weight excluding hydrogens is 398 g/mol. The number of hydrogen-bond acceptors (Lipinski definition) is 4. The first kappa shape index (κ1) is 20.6. The Morgan fingerprint density at radius 3 is 2.67 bits per heavy atom. The number of thiophene rings is 1. The minimum atomic E-state index is -0.403. The highest BCUT2D eigenvalue weighted by Crippen LogP contribution is 2.21. The largest absolute Gasteiger partial charge is 0.338 e. The highest BCUT2D eigenvalue weighted by atomic mass is 32.1. The second-order valence-electron chi connectivity index (χ2n) is 7.84. The van der Waals surface area contributed by atoms with Crippen LogP contribution in [0.4, 0.5) is 0 Å². The fourth-order valence-corrected chi connectivity index (χ4v) is 5.19. The summed E-state index contributed by atoms with van der Waals surface area (Å²) in [5.74, 6) is -0.0376. The summed E-state index contributed by atoms with van der Waals surface area (Å²) in [6.07, 6.45) is 4.67. The van der Waals surface area contributed by atoms with Crippen molar-refractivity contribution in [2.45, 2.75) is 58.2 Å². The van der Waals surface area contributed by atoms with E-state index in [4.69, 9.17) is 0 Å². The summed E-state index contributed by atoms with van der Waals surface area (Å²) in [6.45, 7) is 3.12. The normalized spacial score (nSPS) is 16.8. The maximum absolute atomic E-state index is 13.3. The summed E-state index contributed by atoms with van der Waals surface area (Å²) in [7, 11) is 0. The third-order valence-electron chi connectivity index (χ3n) is 6.02. The number of aromatic nitrogens is 2. The predicted molar refractivity (Wildman–Crippen MR) is 120 cm³/mol. The molecule has 1 aliphatic heterocycles. The first-order valence-corrected chi connectivity index (χ1v) is 11.5. The number of piperidine rings is 1. The van der Waals surface area contributed by atoms with Gasteiger partial charge in [0.2, 0.25) is 5.91 Å². The molecule has 0 spiro atoms. The Morgan fingerprint density at radius 2 is 1.90 bits per heavy atom. The van der Waals surface area contributed by atoms with E-state index in [9.17, 15) is 14.4 Å². The Bertz CT molecular complexity index is 1150. The summed E-state index contributed by atoms with van der Waals surface area (Å²) < 4.78 is 3.30. The van der Waals surface area contributed by atoms with Gasteiger partial charge in [-0.15, -0.1) is 11.3 Å². The summed E-state index contributed by atoms with van der Waals surface area (Å²) >= 11 is 1.32. The van der Waals surface area contributed by atoms with Crippen molar-refractivity contribution in [1.82, 2.24) is 14.0 Å². The van der Waals surface area contributed by atoms with E-state index in [1.807, 2.05) is 40.6 Å². The molecular formula is C23H27N3O3S.